The molecule has 1 aromatic carbocycles. The minimum Gasteiger partial charge on any atom is -0.371 e. The van der Waals surface area contributed by atoms with E-state index in [0.717, 1.165) is 19.5 Å². The van der Waals surface area contributed by atoms with E-state index >= 15 is 0 Å². The molecule has 2 saturated heterocycles. The second-order valence-electron chi connectivity index (χ2n) is 4.88. The predicted octanol–water partition coefficient (Wildman–Crippen LogP) is 2.62. The molecule has 0 radical (unpaired) electrons. The van der Waals surface area contributed by atoms with Gasteiger partial charge in [0.25, 0.3) is 0 Å². The van der Waals surface area contributed by atoms with Crippen LogP contribution in [-0.4, -0.2) is 25.3 Å². The quantitative estimate of drug-likeness (QED) is 0.755. The van der Waals surface area contributed by atoms with E-state index in [1.54, 1.807) is 0 Å². The summed E-state index contributed by atoms with van der Waals surface area (Å²) in [5, 5.41) is 0. The van der Waals surface area contributed by atoms with Crippen molar-refractivity contribution in [2.75, 3.05) is 18.0 Å². The summed E-state index contributed by atoms with van der Waals surface area (Å²) in [4.78, 5) is 2.48. The molecule has 0 amide bonds. The molecular weight excluding hydrogens is 198 g/mol. The lowest BCUT2D eigenvalue weighted by atomic mass is 10.1. The van der Waals surface area contributed by atoms with E-state index in [2.05, 4.69) is 36.1 Å². The Hall–Kier alpha value is -1.02. The molecule has 2 unspecified atom stereocenters. The molecule has 0 N–H and O–H groups in total. The van der Waals surface area contributed by atoms with Crippen molar-refractivity contribution in [3.63, 3.8) is 0 Å². The summed E-state index contributed by atoms with van der Waals surface area (Å²) >= 11 is 0. The van der Waals surface area contributed by atoms with Crippen LogP contribution < -0.4 is 4.90 Å². The van der Waals surface area contributed by atoms with Gasteiger partial charge >= 0.3 is 0 Å². The van der Waals surface area contributed by atoms with Gasteiger partial charge in [0, 0.05) is 18.8 Å². The molecule has 86 valence electrons. The third-order valence-corrected chi connectivity index (χ3v) is 3.75. The molecule has 16 heavy (non-hydrogen) atoms. The fraction of sp³-hybridized carbons (Fsp3) is 0.571. The molecule has 2 aliphatic rings. The Kier molecular flexibility index (Phi) is 2.60. The van der Waals surface area contributed by atoms with Gasteiger partial charge in [-0.05, 0) is 37.0 Å². The van der Waals surface area contributed by atoms with Crippen molar-refractivity contribution in [1.29, 1.82) is 0 Å². The Morgan fingerprint density at radius 2 is 1.75 bits per heavy atom. The molecular formula is C14H19NO. The van der Waals surface area contributed by atoms with E-state index < -0.39 is 0 Å². The SMILES string of the molecule is CCc1ccc(N2CC3CCC(C2)O3)cc1. The van der Waals surface area contributed by atoms with Crippen molar-refractivity contribution >= 4 is 5.69 Å². The van der Waals surface area contributed by atoms with Gasteiger partial charge in [-0.1, -0.05) is 19.1 Å². The van der Waals surface area contributed by atoms with Crippen molar-refractivity contribution in [3.8, 4) is 0 Å². The predicted molar refractivity (Wildman–Crippen MR) is 65.9 cm³/mol. The molecule has 2 heteroatoms. The fourth-order valence-corrected chi connectivity index (χ4v) is 2.77. The summed E-state index contributed by atoms with van der Waals surface area (Å²) in [6.45, 7) is 4.34. The van der Waals surface area contributed by atoms with Gasteiger partial charge in [-0.15, -0.1) is 0 Å². The minimum absolute atomic E-state index is 0.476. The summed E-state index contributed by atoms with van der Waals surface area (Å²) in [7, 11) is 0. The standard InChI is InChI=1S/C14H19NO/c1-2-11-3-5-12(6-4-11)15-9-13-7-8-14(10-15)16-13/h3-6,13-14H,2,7-10H2,1H3. The van der Waals surface area contributed by atoms with Crippen molar-refractivity contribution in [2.45, 2.75) is 38.4 Å². The molecule has 0 spiro atoms. The lowest BCUT2D eigenvalue weighted by Gasteiger charge is -2.33. The zero-order valence-corrected chi connectivity index (χ0v) is 9.86. The molecule has 0 aliphatic carbocycles. The Labute approximate surface area is 97.2 Å². The van der Waals surface area contributed by atoms with Crippen LogP contribution in [0.2, 0.25) is 0 Å². The third kappa shape index (κ3) is 1.82. The molecule has 2 atom stereocenters. The number of aryl methyl sites for hydroxylation is 1. The fourth-order valence-electron chi connectivity index (χ4n) is 2.77. The van der Waals surface area contributed by atoms with Gasteiger partial charge in [-0.2, -0.15) is 0 Å². The number of rotatable bonds is 2. The highest BCUT2D eigenvalue weighted by atomic mass is 16.5. The van der Waals surface area contributed by atoms with Gasteiger partial charge in [0.05, 0.1) is 12.2 Å². The van der Waals surface area contributed by atoms with Crippen molar-refractivity contribution in [1.82, 2.24) is 0 Å². The van der Waals surface area contributed by atoms with Crippen LogP contribution in [0, 0.1) is 0 Å². The Morgan fingerprint density at radius 1 is 1.12 bits per heavy atom. The van der Waals surface area contributed by atoms with E-state index in [4.69, 9.17) is 4.74 Å². The topological polar surface area (TPSA) is 12.5 Å². The number of anilines is 1. The van der Waals surface area contributed by atoms with Crippen LogP contribution >= 0.6 is 0 Å². The lowest BCUT2D eigenvalue weighted by molar-refractivity contribution is 0.0305. The highest BCUT2D eigenvalue weighted by Gasteiger charge is 2.33. The smallest absolute Gasteiger partial charge is 0.0755 e. The number of hydrogen-bond donors (Lipinski definition) is 0. The Balaban J connectivity index is 1.76. The van der Waals surface area contributed by atoms with E-state index in [1.807, 2.05) is 0 Å². The van der Waals surface area contributed by atoms with Crippen LogP contribution in [-0.2, 0) is 11.2 Å². The van der Waals surface area contributed by atoms with Crippen LogP contribution in [0.1, 0.15) is 25.3 Å². The second-order valence-corrected chi connectivity index (χ2v) is 4.88. The van der Waals surface area contributed by atoms with Gasteiger partial charge in [0.1, 0.15) is 0 Å². The van der Waals surface area contributed by atoms with Gasteiger partial charge in [-0.3, -0.25) is 0 Å². The van der Waals surface area contributed by atoms with E-state index in [-0.39, 0.29) is 0 Å². The molecule has 0 saturated carbocycles. The van der Waals surface area contributed by atoms with Gasteiger partial charge < -0.3 is 9.64 Å². The van der Waals surface area contributed by atoms with Crippen molar-refractivity contribution < 1.29 is 4.74 Å². The first-order chi connectivity index (χ1) is 7.85. The summed E-state index contributed by atoms with van der Waals surface area (Å²) < 4.78 is 5.85. The van der Waals surface area contributed by atoms with Crippen molar-refractivity contribution in [3.05, 3.63) is 29.8 Å². The van der Waals surface area contributed by atoms with E-state index in [1.165, 1.54) is 24.1 Å². The monoisotopic (exact) mass is 217 g/mol. The normalized spacial score (nSPS) is 28.4. The van der Waals surface area contributed by atoms with Gasteiger partial charge in [0.2, 0.25) is 0 Å². The van der Waals surface area contributed by atoms with E-state index in [0.29, 0.717) is 12.2 Å². The molecule has 2 aliphatic heterocycles. The highest BCUT2D eigenvalue weighted by molar-refractivity contribution is 5.48. The maximum atomic E-state index is 5.85. The first kappa shape index (κ1) is 10.2. The first-order valence-electron chi connectivity index (χ1n) is 6.34. The van der Waals surface area contributed by atoms with Crippen LogP contribution in [0.4, 0.5) is 5.69 Å². The Bertz CT molecular complexity index is 348. The summed E-state index contributed by atoms with van der Waals surface area (Å²) in [6, 6.07) is 8.99. The number of benzene rings is 1. The summed E-state index contributed by atoms with van der Waals surface area (Å²) in [6.07, 6.45) is 4.56. The number of ether oxygens (including phenoxy) is 1. The zero-order chi connectivity index (χ0) is 11.0. The number of hydrogen-bond acceptors (Lipinski definition) is 2. The number of fused-ring (bicyclic) bond motifs is 2. The van der Waals surface area contributed by atoms with Crippen molar-refractivity contribution in [2.24, 2.45) is 0 Å². The molecule has 2 nitrogen and oxygen atoms in total. The van der Waals surface area contributed by atoms with Crippen LogP contribution in [0.5, 0.6) is 0 Å². The lowest BCUT2D eigenvalue weighted by Crippen LogP contribution is -2.42. The average Bonchev–Trinajstić information content (AvgIpc) is 2.68. The molecule has 2 fully saturated rings. The molecule has 0 aromatic heterocycles. The average molecular weight is 217 g/mol. The number of morpholine rings is 1. The first-order valence-corrected chi connectivity index (χ1v) is 6.34. The van der Waals surface area contributed by atoms with Crippen LogP contribution in [0.3, 0.4) is 0 Å². The highest BCUT2D eigenvalue weighted by Crippen LogP contribution is 2.29. The van der Waals surface area contributed by atoms with Crippen LogP contribution in [0.25, 0.3) is 0 Å². The maximum absolute atomic E-state index is 5.85. The molecule has 3 rings (SSSR count). The molecule has 1 aromatic rings. The van der Waals surface area contributed by atoms with Gasteiger partial charge in [-0.25, -0.2) is 0 Å². The molecule has 2 heterocycles. The van der Waals surface area contributed by atoms with Gasteiger partial charge in [0.15, 0.2) is 0 Å². The van der Waals surface area contributed by atoms with Crippen LogP contribution in [0.15, 0.2) is 24.3 Å². The Morgan fingerprint density at radius 3 is 2.31 bits per heavy atom. The molecule has 2 bridgehead atoms. The minimum atomic E-state index is 0.476. The third-order valence-electron chi connectivity index (χ3n) is 3.75. The summed E-state index contributed by atoms with van der Waals surface area (Å²) in [5.74, 6) is 0. The largest absolute Gasteiger partial charge is 0.371 e. The summed E-state index contributed by atoms with van der Waals surface area (Å²) in [5.41, 5.74) is 2.78. The van der Waals surface area contributed by atoms with E-state index in [9.17, 15) is 0 Å². The number of nitrogens with zero attached hydrogens (tertiary/aromatic N) is 1. The maximum Gasteiger partial charge on any atom is 0.0755 e. The second kappa shape index (κ2) is 4.10. The zero-order valence-electron chi connectivity index (χ0n) is 9.86.